The van der Waals surface area contributed by atoms with E-state index in [0.29, 0.717) is 12.0 Å². The molecule has 0 atom stereocenters. The van der Waals surface area contributed by atoms with Crippen LogP contribution in [0.1, 0.15) is 11.1 Å². The van der Waals surface area contributed by atoms with Crippen molar-refractivity contribution in [2.75, 3.05) is 0 Å². The molecule has 0 fully saturated rings. The second-order valence-corrected chi connectivity index (χ2v) is 2.87. The van der Waals surface area contributed by atoms with Gasteiger partial charge in [-0.25, -0.2) is 0 Å². The fourth-order valence-electron chi connectivity index (χ4n) is 1.09. The maximum absolute atomic E-state index is 12.3. The number of rotatable bonds is 2. The minimum absolute atomic E-state index is 0.480. The highest BCUT2D eigenvalue weighted by molar-refractivity contribution is 5.27. The van der Waals surface area contributed by atoms with E-state index in [1.165, 1.54) is 6.07 Å². The largest absolute Gasteiger partial charge is 0.416 e. The highest BCUT2D eigenvalue weighted by atomic mass is 19.4. The molecule has 0 spiro atoms. The fourth-order valence-corrected chi connectivity index (χ4v) is 1.09. The number of allylic oxidation sites excluding steroid dienone is 2. The molecule has 0 amide bonds. The molecule has 1 aromatic rings. The first-order valence-corrected chi connectivity index (χ1v) is 4.14. The molecule has 0 bridgehead atoms. The molecule has 0 aliphatic carbocycles. The summed E-state index contributed by atoms with van der Waals surface area (Å²) in [4.78, 5) is 0. The molecule has 0 aliphatic rings. The van der Waals surface area contributed by atoms with Gasteiger partial charge < -0.3 is 0 Å². The van der Waals surface area contributed by atoms with Gasteiger partial charge in [-0.05, 0) is 25.0 Å². The molecule has 1 radical (unpaired) electrons. The van der Waals surface area contributed by atoms with Crippen molar-refractivity contribution in [2.45, 2.75) is 12.6 Å². The average molecular weight is 199 g/mol. The van der Waals surface area contributed by atoms with Crippen LogP contribution < -0.4 is 0 Å². The Morgan fingerprint density at radius 2 is 2.00 bits per heavy atom. The van der Waals surface area contributed by atoms with E-state index in [0.717, 1.165) is 12.1 Å². The van der Waals surface area contributed by atoms with Crippen LogP contribution in [0.15, 0.2) is 36.4 Å². The van der Waals surface area contributed by atoms with Crippen molar-refractivity contribution in [3.8, 4) is 0 Å². The Hall–Kier alpha value is -1.25. The van der Waals surface area contributed by atoms with Gasteiger partial charge in [-0.1, -0.05) is 30.4 Å². The standard InChI is InChI=1S/C11H10F3/c1-2-3-5-9-6-4-7-10(8-9)11(12,13)14/h2-4,6-8H,1,5H2. The van der Waals surface area contributed by atoms with E-state index in [-0.39, 0.29) is 0 Å². The monoisotopic (exact) mass is 199 g/mol. The maximum atomic E-state index is 12.3. The zero-order valence-electron chi connectivity index (χ0n) is 7.51. The van der Waals surface area contributed by atoms with Crippen molar-refractivity contribution in [1.82, 2.24) is 0 Å². The first kappa shape index (κ1) is 10.8. The fraction of sp³-hybridized carbons (Fsp3) is 0.182. The number of benzene rings is 1. The molecule has 0 nitrogen and oxygen atoms in total. The van der Waals surface area contributed by atoms with Crippen molar-refractivity contribution in [3.63, 3.8) is 0 Å². The first-order valence-electron chi connectivity index (χ1n) is 4.14. The molecule has 75 valence electrons. The number of hydrogen-bond donors (Lipinski definition) is 0. The van der Waals surface area contributed by atoms with Gasteiger partial charge in [0.05, 0.1) is 5.56 Å². The van der Waals surface area contributed by atoms with Crippen LogP contribution in [0.5, 0.6) is 0 Å². The summed E-state index contributed by atoms with van der Waals surface area (Å²) in [6.45, 7) is 3.47. The minimum Gasteiger partial charge on any atom is -0.166 e. The van der Waals surface area contributed by atoms with Gasteiger partial charge in [-0.3, -0.25) is 0 Å². The molecule has 0 aliphatic heterocycles. The normalized spacial score (nSPS) is 12.3. The zero-order chi connectivity index (χ0) is 10.6. The van der Waals surface area contributed by atoms with Gasteiger partial charge in [0.15, 0.2) is 0 Å². The topological polar surface area (TPSA) is 0 Å². The lowest BCUT2D eigenvalue weighted by molar-refractivity contribution is -0.137. The van der Waals surface area contributed by atoms with Crippen LogP contribution in [-0.4, -0.2) is 0 Å². The predicted molar refractivity (Wildman–Crippen MR) is 49.6 cm³/mol. The van der Waals surface area contributed by atoms with Crippen LogP contribution in [0, 0.1) is 6.92 Å². The van der Waals surface area contributed by atoms with E-state index in [1.807, 2.05) is 0 Å². The molecule has 1 aromatic carbocycles. The van der Waals surface area contributed by atoms with Crippen LogP contribution in [-0.2, 0) is 12.6 Å². The van der Waals surface area contributed by atoms with Crippen molar-refractivity contribution in [3.05, 3.63) is 54.5 Å². The summed E-state index contributed by atoms with van der Waals surface area (Å²) in [6, 6.07) is 5.29. The molecule has 0 saturated heterocycles. The summed E-state index contributed by atoms with van der Waals surface area (Å²) in [5.74, 6) is 0. The molecule has 3 heteroatoms. The maximum Gasteiger partial charge on any atom is 0.416 e. The highest BCUT2D eigenvalue weighted by Gasteiger charge is 2.30. The van der Waals surface area contributed by atoms with Crippen LogP contribution >= 0.6 is 0 Å². The van der Waals surface area contributed by atoms with Crippen LogP contribution in [0.2, 0.25) is 0 Å². The molecule has 0 saturated carbocycles. The quantitative estimate of drug-likeness (QED) is 0.682. The number of alkyl halides is 3. The summed E-state index contributed by atoms with van der Waals surface area (Å²) in [7, 11) is 0. The summed E-state index contributed by atoms with van der Waals surface area (Å²) in [5.41, 5.74) is 0.0344. The summed E-state index contributed by atoms with van der Waals surface area (Å²) in [5, 5.41) is 0. The van der Waals surface area contributed by atoms with E-state index in [1.54, 1.807) is 18.2 Å². The van der Waals surface area contributed by atoms with Crippen LogP contribution in [0.4, 0.5) is 13.2 Å². The summed E-state index contributed by atoms with van der Waals surface area (Å²) in [6.07, 6.45) is -0.493. The van der Waals surface area contributed by atoms with Crippen LogP contribution in [0.3, 0.4) is 0 Å². The highest BCUT2D eigenvalue weighted by Crippen LogP contribution is 2.29. The number of hydrogen-bond acceptors (Lipinski definition) is 0. The molecule has 0 heterocycles. The van der Waals surface area contributed by atoms with Crippen LogP contribution in [0.25, 0.3) is 0 Å². The lowest BCUT2D eigenvalue weighted by Gasteiger charge is -2.07. The minimum atomic E-state index is -4.26. The molecular weight excluding hydrogens is 189 g/mol. The molecule has 1 rings (SSSR count). The van der Waals surface area contributed by atoms with Gasteiger partial charge in [0.1, 0.15) is 0 Å². The number of halogens is 3. The molecule has 0 aromatic heterocycles. The second-order valence-electron chi connectivity index (χ2n) is 2.87. The Morgan fingerprint density at radius 3 is 2.57 bits per heavy atom. The Labute approximate surface area is 81.1 Å². The molecule has 0 N–H and O–H groups in total. The van der Waals surface area contributed by atoms with Crippen molar-refractivity contribution < 1.29 is 13.2 Å². The van der Waals surface area contributed by atoms with Gasteiger partial charge in [0.2, 0.25) is 0 Å². The third kappa shape index (κ3) is 2.91. The van der Waals surface area contributed by atoms with E-state index in [9.17, 15) is 13.2 Å². The Bertz CT molecular complexity index is 324. The van der Waals surface area contributed by atoms with Crippen molar-refractivity contribution >= 4 is 0 Å². The Balaban J connectivity index is 2.90. The van der Waals surface area contributed by atoms with Gasteiger partial charge in [-0.2, -0.15) is 13.2 Å². The lowest BCUT2D eigenvalue weighted by Crippen LogP contribution is -2.04. The van der Waals surface area contributed by atoms with Gasteiger partial charge in [0.25, 0.3) is 0 Å². The van der Waals surface area contributed by atoms with Crippen molar-refractivity contribution in [2.24, 2.45) is 0 Å². The van der Waals surface area contributed by atoms with E-state index in [4.69, 9.17) is 0 Å². The summed E-state index contributed by atoms with van der Waals surface area (Å²) >= 11 is 0. The van der Waals surface area contributed by atoms with E-state index < -0.39 is 11.7 Å². The van der Waals surface area contributed by atoms with E-state index >= 15 is 0 Å². The Morgan fingerprint density at radius 1 is 1.29 bits per heavy atom. The summed E-state index contributed by atoms with van der Waals surface area (Å²) < 4.78 is 36.8. The SMILES string of the molecule is [CH2]C=CCc1cccc(C(F)(F)F)c1. The van der Waals surface area contributed by atoms with Crippen molar-refractivity contribution in [1.29, 1.82) is 0 Å². The zero-order valence-corrected chi connectivity index (χ0v) is 7.51. The van der Waals surface area contributed by atoms with Gasteiger partial charge in [0, 0.05) is 0 Å². The smallest absolute Gasteiger partial charge is 0.166 e. The molecule has 0 unspecified atom stereocenters. The lowest BCUT2D eigenvalue weighted by atomic mass is 10.1. The predicted octanol–water partition coefficient (Wildman–Crippen LogP) is 3.64. The average Bonchev–Trinajstić information content (AvgIpc) is 2.14. The van der Waals surface area contributed by atoms with E-state index in [2.05, 4.69) is 6.92 Å². The third-order valence-electron chi connectivity index (χ3n) is 1.77. The molecule has 14 heavy (non-hydrogen) atoms. The van der Waals surface area contributed by atoms with Gasteiger partial charge >= 0.3 is 6.18 Å². The first-order chi connectivity index (χ1) is 6.54. The molecular formula is C11H10F3. The van der Waals surface area contributed by atoms with Gasteiger partial charge in [-0.15, -0.1) is 0 Å². The third-order valence-corrected chi connectivity index (χ3v) is 1.77. The Kier molecular flexibility index (Phi) is 3.33. The second kappa shape index (κ2) is 4.31.